The normalized spacial score (nSPS) is 9.83. The summed E-state index contributed by atoms with van der Waals surface area (Å²) < 4.78 is 0. The Morgan fingerprint density at radius 1 is 1.50 bits per heavy atom. The minimum Gasteiger partial charge on any atom is -0.105 e. The van der Waals surface area contributed by atoms with Gasteiger partial charge in [0.2, 0.25) is 0 Å². The molecule has 12 heavy (non-hydrogen) atoms. The lowest BCUT2D eigenvalue weighted by atomic mass is 10.1. The van der Waals surface area contributed by atoms with Crippen molar-refractivity contribution >= 4 is 20.6 Å². The van der Waals surface area contributed by atoms with Crippen LogP contribution >= 0.6 is 9.24 Å². The van der Waals surface area contributed by atoms with Crippen LogP contribution in [0.15, 0.2) is 24.8 Å². The molecule has 0 saturated carbocycles. The topological polar surface area (TPSA) is 0 Å². The molecule has 1 aromatic carbocycles. The Kier molecular flexibility index (Phi) is 3.49. The van der Waals surface area contributed by atoms with Crippen LogP contribution in [-0.2, 0) is 6.42 Å². The first-order valence-corrected chi connectivity index (χ1v) is 4.86. The molecular formula is C11H15P. The number of aryl methyl sites for hydroxylation is 1. The molecule has 0 aliphatic rings. The van der Waals surface area contributed by atoms with Crippen LogP contribution in [0.4, 0.5) is 0 Å². The SMILES string of the molecule is C=Cc1cc(CCC)ccc1P. The summed E-state index contributed by atoms with van der Waals surface area (Å²) in [7, 11) is 2.72. The predicted octanol–water partition coefficient (Wildman–Crippen LogP) is 2.78. The van der Waals surface area contributed by atoms with Crippen molar-refractivity contribution in [1.29, 1.82) is 0 Å². The molecule has 0 bridgehead atoms. The number of hydrogen-bond donors (Lipinski definition) is 0. The van der Waals surface area contributed by atoms with E-state index < -0.39 is 0 Å². The minimum absolute atomic E-state index is 1.16. The van der Waals surface area contributed by atoms with Crippen LogP contribution in [0.5, 0.6) is 0 Å². The van der Waals surface area contributed by atoms with Gasteiger partial charge < -0.3 is 0 Å². The first-order chi connectivity index (χ1) is 5.77. The summed E-state index contributed by atoms with van der Waals surface area (Å²) in [6, 6.07) is 6.52. The van der Waals surface area contributed by atoms with E-state index in [4.69, 9.17) is 0 Å². The molecule has 0 fully saturated rings. The second-order valence-corrected chi connectivity index (χ2v) is 3.54. The summed E-state index contributed by atoms with van der Waals surface area (Å²) in [5, 5.41) is 1.23. The first kappa shape index (κ1) is 9.48. The van der Waals surface area contributed by atoms with Gasteiger partial charge in [-0.15, -0.1) is 9.24 Å². The molecular weight excluding hydrogens is 163 g/mol. The fourth-order valence-corrected chi connectivity index (χ4v) is 1.54. The molecule has 1 heteroatoms. The molecule has 1 rings (SSSR count). The molecule has 0 nitrogen and oxygen atoms in total. The van der Waals surface area contributed by atoms with E-state index in [9.17, 15) is 0 Å². The van der Waals surface area contributed by atoms with Crippen molar-refractivity contribution in [1.82, 2.24) is 0 Å². The van der Waals surface area contributed by atoms with Crippen LogP contribution in [-0.4, -0.2) is 0 Å². The molecule has 0 N–H and O–H groups in total. The summed E-state index contributed by atoms with van der Waals surface area (Å²) >= 11 is 0. The Bertz CT molecular complexity index is 276. The van der Waals surface area contributed by atoms with Crippen molar-refractivity contribution in [3.8, 4) is 0 Å². The molecule has 0 aliphatic carbocycles. The van der Waals surface area contributed by atoms with Crippen molar-refractivity contribution in [2.24, 2.45) is 0 Å². The van der Waals surface area contributed by atoms with Crippen LogP contribution in [0, 0.1) is 0 Å². The maximum Gasteiger partial charge on any atom is -0.0188 e. The summed E-state index contributed by atoms with van der Waals surface area (Å²) in [6.07, 6.45) is 4.26. The summed E-state index contributed by atoms with van der Waals surface area (Å²) in [5.74, 6) is 0. The largest absolute Gasteiger partial charge is 0.105 e. The summed E-state index contributed by atoms with van der Waals surface area (Å²) in [5.41, 5.74) is 2.63. The smallest absolute Gasteiger partial charge is 0.0188 e. The van der Waals surface area contributed by atoms with Crippen LogP contribution in [0.2, 0.25) is 0 Å². The summed E-state index contributed by atoms with van der Waals surface area (Å²) in [4.78, 5) is 0. The van der Waals surface area contributed by atoms with Crippen LogP contribution in [0.1, 0.15) is 24.5 Å². The van der Waals surface area contributed by atoms with Gasteiger partial charge >= 0.3 is 0 Å². The molecule has 0 aromatic heterocycles. The number of hydrogen-bond acceptors (Lipinski definition) is 0. The zero-order chi connectivity index (χ0) is 8.97. The fraction of sp³-hybridized carbons (Fsp3) is 0.273. The van der Waals surface area contributed by atoms with Gasteiger partial charge in [0.25, 0.3) is 0 Å². The van der Waals surface area contributed by atoms with E-state index >= 15 is 0 Å². The summed E-state index contributed by atoms with van der Waals surface area (Å²) in [6.45, 7) is 5.98. The molecule has 0 heterocycles. The van der Waals surface area contributed by atoms with E-state index in [0.717, 1.165) is 6.42 Å². The number of benzene rings is 1. The first-order valence-electron chi connectivity index (χ1n) is 4.28. The van der Waals surface area contributed by atoms with Crippen molar-refractivity contribution in [3.63, 3.8) is 0 Å². The quantitative estimate of drug-likeness (QED) is 0.624. The van der Waals surface area contributed by atoms with Gasteiger partial charge in [0.1, 0.15) is 0 Å². The second-order valence-electron chi connectivity index (χ2n) is 2.92. The molecule has 0 saturated heterocycles. The van der Waals surface area contributed by atoms with Gasteiger partial charge in [0.05, 0.1) is 0 Å². The van der Waals surface area contributed by atoms with Crippen molar-refractivity contribution in [2.45, 2.75) is 19.8 Å². The Morgan fingerprint density at radius 2 is 2.25 bits per heavy atom. The third-order valence-corrected chi connectivity index (χ3v) is 2.44. The van der Waals surface area contributed by atoms with Gasteiger partial charge in [-0.3, -0.25) is 0 Å². The highest BCUT2D eigenvalue weighted by Crippen LogP contribution is 2.08. The van der Waals surface area contributed by atoms with E-state index in [1.165, 1.54) is 22.9 Å². The highest BCUT2D eigenvalue weighted by molar-refractivity contribution is 7.27. The highest BCUT2D eigenvalue weighted by Gasteiger charge is 1.95. The second kappa shape index (κ2) is 4.42. The zero-order valence-corrected chi connectivity index (χ0v) is 8.66. The van der Waals surface area contributed by atoms with Gasteiger partial charge in [0.15, 0.2) is 0 Å². The maximum absolute atomic E-state index is 3.78. The Labute approximate surface area is 76.9 Å². The Hall–Kier alpha value is -0.610. The lowest BCUT2D eigenvalue weighted by molar-refractivity contribution is 0.922. The van der Waals surface area contributed by atoms with Gasteiger partial charge in [-0.25, -0.2) is 0 Å². The highest BCUT2D eigenvalue weighted by atomic mass is 31.0. The average molecular weight is 178 g/mol. The van der Waals surface area contributed by atoms with E-state index in [1.807, 2.05) is 6.08 Å². The van der Waals surface area contributed by atoms with E-state index in [2.05, 4.69) is 40.9 Å². The van der Waals surface area contributed by atoms with Crippen molar-refractivity contribution in [3.05, 3.63) is 35.9 Å². The predicted molar refractivity (Wildman–Crippen MR) is 59.9 cm³/mol. The molecule has 1 aromatic rings. The maximum atomic E-state index is 3.78. The van der Waals surface area contributed by atoms with Gasteiger partial charge in [-0.05, 0) is 22.9 Å². The molecule has 1 unspecified atom stereocenters. The molecule has 64 valence electrons. The zero-order valence-electron chi connectivity index (χ0n) is 7.51. The van der Waals surface area contributed by atoms with E-state index in [-0.39, 0.29) is 0 Å². The third kappa shape index (κ3) is 2.19. The molecule has 0 spiro atoms. The van der Waals surface area contributed by atoms with Gasteiger partial charge in [0, 0.05) is 0 Å². The molecule has 0 amide bonds. The monoisotopic (exact) mass is 178 g/mol. The minimum atomic E-state index is 1.16. The van der Waals surface area contributed by atoms with Gasteiger partial charge in [-0.2, -0.15) is 0 Å². The molecule has 0 aliphatic heterocycles. The fourth-order valence-electron chi connectivity index (χ4n) is 1.25. The lowest BCUT2D eigenvalue weighted by Crippen LogP contribution is -1.97. The Balaban J connectivity index is 2.96. The van der Waals surface area contributed by atoms with Crippen LogP contribution in [0.3, 0.4) is 0 Å². The Morgan fingerprint density at radius 3 is 2.83 bits per heavy atom. The lowest BCUT2D eigenvalue weighted by Gasteiger charge is -2.03. The third-order valence-electron chi connectivity index (χ3n) is 1.91. The van der Waals surface area contributed by atoms with Crippen LogP contribution < -0.4 is 5.30 Å². The van der Waals surface area contributed by atoms with Crippen molar-refractivity contribution < 1.29 is 0 Å². The molecule has 0 radical (unpaired) electrons. The van der Waals surface area contributed by atoms with Gasteiger partial charge in [-0.1, -0.05) is 44.2 Å². The standard InChI is InChI=1S/C11H15P/c1-3-5-9-6-7-11(12)10(4-2)8-9/h4,6-8H,2-3,5,12H2,1H3. The van der Waals surface area contributed by atoms with E-state index in [0.29, 0.717) is 0 Å². The van der Waals surface area contributed by atoms with Crippen molar-refractivity contribution in [2.75, 3.05) is 0 Å². The average Bonchev–Trinajstić information content (AvgIpc) is 2.09. The molecule has 1 atom stereocenters. The van der Waals surface area contributed by atoms with Crippen LogP contribution in [0.25, 0.3) is 6.08 Å². The van der Waals surface area contributed by atoms with E-state index in [1.54, 1.807) is 0 Å². The number of rotatable bonds is 3.